The van der Waals surface area contributed by atoms with Crippen LogP contribution in [-0.2, 0) is 4.79 Å². The van der Waals surface area contributed by atoms with Crippen LogP contribution in [0.2, 0.25) is 0 Å². The van der Waals surface area contributed by atoms with Crippen LogP contribution in [0.3, 0.4) is 0 Å². The Balaban J connectivity index is 0. The monoisotopic (exact) mass is 192 g/mol. The fourth-order valence-electron chi connectivity index (χ4n) is 0.836. The summed E-state index contributed by atoms with van der Waals surface area (Å²) in [6, 6.07) is 0. The Morgan fingerprint density at radius 1 is 1.15 bits per heavy atom. The second-order valence-electron chi connectivity index (χ2n) is 3.33. The van der Waals surface area contributed by atoms with Crippen molar-refractivity contribution in [3.8, 4) is 0 Å². The van der Waals surface area contributed by atoms with Crippen molar-refractivity contribution in [1.82, 2.24) is 0 Å². The third kappa shape index (κ3) is 18.4. The zero-order chi connectivity index (χ0) is 10.9. The lowest BCUT2D eigenvalue weighted by Crippen LogP contribution is -2.09. The van der Waals surface area contributed by atoms with Gasteiger partial charge in [0.1, 0.15) is 0 Å². The summed E-state index contributed by atoms with van der Waals surface area (Å²) in [7, 11) is 0. The van der Waals surface area contributed by atoms with Crippen molar-refractivity contribution < 1.29 is 20.1 Å². The van der Waals surface area contributed by atoms with Crippen LogP contribution in [-0.4, -0.2) is 34.5 Å². The van der Waals surface area contributed by atoms with Crippen LogP contribution in [0.4, 0.5) is 0 Å². The largest absolute Gasteiger partial charge is 0.481 e. The Hall–Kier alpha value is -0.610. The number of rotatable bonds is 4. The van der Waals surface area contributed by atoms with Gasteiger partial charge in [-0.25, -0.2) is 0 Å². The average Bonchev–Trinajstić information content (AvgIpc) is 2.03. The highest BCUT2D eigenvalue weighted by Gasteiger charge is 2.05. The maximum Gasteiger partial charge on any atom is 0.300 e. The Morgan fingerprint density at radius 3 is 1.54 bits per heavy atom. The molecule has 0 aliphatic carbocycles. The number of hydrogen-bond acceptors (Lipinski definition) is 3. The van der Waals surface area contributed by atoms with E-state index in [4.69, 9.17) is 20.1 Å². The van der Waals surface area contributed by atoms with Gasteiger partial charge in [0.05, 0.1) is 0 Å². The number of carboxylic acids is 1. The van der Waals surface area contributed by atoms with Gasteiger partial charge >= 0.3 is 0 Å². The van der Waals surface area contributed by atoms with Gasteiger partial charge in [-0.2, -0.15) is 0 Å². The number of aliphatic hydroxyl groups is 2. The second kappa shape index (κ2) is 9.48. The first-order valence-corrected chi connectivity index (χ1v) is 4.35. The topological polar surface area (TPSA) is 77.8 Å². The Kier molecular flexibility index (Phi) is 10.9. The second-order valence-corrected chi connectivity index (χ2v) is 3.33. The third-order valence-corrected chi connectivity index (χ3v) is 1.43. The van der Waals surface area contributed by atoms with Gasteiger partial charge in [0.15, 0.2) is 0 Å². The molecule has 0 rings (SSSR count). The van der Waals surface area contributed by atoms with Crippen molar-refractivity contribution in [3.05, 3.63) is 0 Å². The molecule has 0 aliphatic rings. The molecule has 0 spiro atoms. The van der Waals surface area contributed by atoms with Crippen molar-refractivity contribution in [2.75, 3.05) is 13.2 Å². The van der Waals surface area contributed by atoms with E-state index in [0.717, 1.165) is 13.3 Å². The van der Waals surface area contributed by atoms with Crippen LogP contribution < -0.4 is 0 Å². The highest BCUT2D eigenvalue weighted by Crippen LogP contribution is 2.09. The quantitative estimate of drug-likeness (QED) is 0.613. The van der Waals surface area contributed by atoms with Gasteiger partial charge in [0, 0.05) is 20.1 Å². The molecule has 3 N–H and O–H groups in total. The summed E-state index contributed by atoms with van der Waals surface area (Å²) in [5.41, 5.74) is 0. The summed E-state index contributed by atoms with van der Waals surface area (Å²) in [4.78, 5) is 9.00. The predicted octanol–water partition coefficient (Wildman–Crippen LogP) is 0.724. The van der Waals surface area contributed by atoms with Crippen molar-refractivity contribution in [2.45, 2.75) is 27.2 Å². The minimum absolute atomic E-state index is 0.227. The number of aliphatic hydroxyl groups excluding tert-OH is 2. The van der Waals surface area contributed by atoms with Gasteiger partial charge in [-0.15, -0.1) is 0 Å². The van der Waals surface area contributed by atoms with Crippen molar-refractivity contribution >= 4 is 5.97 Å². The van der Waals surface area contributed by atoms with E-state index in [1.165, 1.54) is 0 Å². The Morgan fingerprint density at radius 2 is 1.38 bits per heavy atom. The Bertz CT molecular complexity index is 113. The fourth-order valence-corrected chi connectivity index (χ4v) is 0.836. The van der Waals surface area contributed by atoms with Crippen LogP contribution in [0.1, 0.15) is 27.2 Å². The molecule has 0 radical (unpaired) electrons. The fraction of sp³-hybridized carbons (Fsp3) is 0.889. The maximum absolute atomic E-state index is 9.00. The van der Waals surface area contributed by atoms with Gasteiger partial charge in [-0.05, 0) is 18.3 Å². The molecule has 0 aromatic heterocycles. The van der Waals surface area contributed by atoms with Gasteiger partial charge in [-0.3, -0.25) is 4.79 Å². The molecule has 0 bridgehead atoms. The normalized spacial score (nSPS) is 13.9. The van der Waals surface area contributed by atoms with E-state index < -0.39 is 5.97 Å². The summed E-state index contributed by atoms with van der Waals surface area (Å²) in [6.07, 6.45) is 0.910. The first-order valence-electron chi connectivity index (χ1n) is 4.35. The van der Waals surface area contributed by atoms with Gasteiger partial charge in [0.25, 0.3) is 5.97 Å². The molecule has 0 amide bonds. The molecule has 0 heterocycles. The molecule has 80 valence electrons. The lowest BCUT2D eigenvalue weighted by molar-refractivity contribution is -0.134. The maximum atomic E-state index is 9.00. The predicted molar refractivity (Wildman–Crippen MR) is 50.4 cm³/mol. The SMILES string of the molecule is CC(=O)O.CC(CO)CC(C)CO. The van der Waals surface area contributed by atoms with Crippen LogP contribution in [0.5, 0.6) is 0 Å². The molecule has 0 aromatic carbocycles. The van der Waals surface area contributed by atoms with Gasteiger partial charge in [-0.1, -0.05) is 13.8 Å². The van der Waals surface area contributed by atoms with E-state index in [1.807, 2.05) is 13.8 Å². The van der Waals surface area contributed by atoms with E-state index in [-0.39, 0.29) is 13.2 Å². The molecular weight excluding hydrogens is 172 g/mol. The average molecular weight is 192 g/mol. The number of carbonyl (C=O) groups is 1. The van der Waals surface area contributed by atoms with E-state index in [9.17, 15) is 0 Å². The molecule has 0 aromatic rings. The van der Waals surface area contributed by atoms with Crippen molar-refractivity contribution in [1.29, 1.82) is 0 Å². The molecule has 2 unspecified atom stereocenters. The third-order valence-electron chi connectivity index (χ3n) is 1.43. The highest BCUT2D eigenvalue weighted by atomic mass is 16.4. The van der Waals surface area contributed by atoms with Crippen LogP contribution >= 0.6 is 0 Å². The zero-order valence-corrected chi connectivity index (χ0v) is 8.53. The molecule has 4 heteroatoms. The van der Waals surface area contributed by atoms with Crippen LogP contribution in [0.25, 0.3) is 0 Å². The molecule has 4 nitrogen and oxygen atoms in total. The summed E-state index contributed by atoms with van der Waals surface area (Å²) in [5.74, 6) is -0.181. The minimum Gasteiger partial charge on any atom is -0.481 e. The lowest BCUT2D eigenvalue weighted by Gasteiger charge is -2.11. The number of hydrogen-bond donors (Lipinski definition) is 3. The van der Waals surface area contributed by atoms with E-state index in [0.29, 0.717) is 11.8 Å². The molecule has 0 saturated carbocycles. The highest BCUT2D eigenvalue weighted by molar-refractivity contribution is 5.62. The first-order chi connectivity index (χ1) is 5.93. The van der Waals surface area contributed by atoms with Crippen molar-refractivity contribution in [2.24, 2.45) is 11.8 Å². The first kappa shape index (κ1) is 14.9. The zero-order valence-electron chi connectivity index (χ0n) is 8.53. The molecule has 2 atom stereocenters. The number of carboxylic acid groups (broad SMARTS) is 1. The molecular formula is C9H20O4. The molecule has 0 aliphatic heterocycles. The standard InChI is InChI=1S/C7H16O2.C2H4O2/c1-6(4-8)3-7(2)5-9;1-2(3)4/h6-9H,3-5H2,1-2H3;1H3,(H,3,4). The summed E-state index contributed by atoms with van der Waals surface area (Å²) in [5, 5.41) is 24.6. The van der Waals surface area contributed by atoms with Crippen LogP contribution in [0, 0.1) is 11.8 Å². The Labute approximate surface area is 79.2 Å². The summed E-state index contributed by atoms with van der Waals surface area (Å²) >= 11 is 0. The summed E-state index contributed by atoms with van der Waals surface area (Å²) in [6.45, 7) is 5.49. The van der Waals surface area contributed by atoms with Gasteiger partial charge in [0.2, 0.25) is 0 Å². The van der Waals surface area contributed by atoms with Crippen molar-refractivity contribution in [3.63, 3.8) is 0 Å². The molecule has 13 heavy (non-hydrogen) atoms. The summed E-state index contributed by atoms with van der Waals surface area (Å²) < 4.78 is 0. The minimum atomic E-state index is -0.833. The molecule has 0 saturated heterocycles. The number of aliphatic carboxylic acids is 1. The molecule has 0 fully saturated rings. The van der Waals surface area contributed by atoms with E-state index in [2.05, 4.69) is 0 Å². The smallest absolute Gasteiger partial charge is 0.300 e. The van der Waals surface area contributed by atoms with E-state index in [1.54, 1.807) is 0 Å². The van der Waals surface area contributed by atoms with E-state index >= 15 is 0 Å². The van der Waals surface area contributed by atoms with Crippen LogP contribution in [0.15, 0.2) is 0 Å². The van der Waals surface area contributed by atoms with Gasteiger partial charge < -0.3 is 15.3 Å². The lowest BCUT2D eigenvalue weighted by atomic mass is 9.99.